The van der Waals surface area contributed by atoms with Gasteiger partial charge in [-0.15, -0.1) is 10.2 Å². The number of benzene rings is 1. The van der Waals surface area contributed by atoms with Crippen molar-refractivity contribution in [1.29, 1.82) is 0 Å². The molecular formula is C16H15N5OS. The molecule has 0 spiro atoms. The fourth-order valence-corrected chi connectivity index (χ4v) is 2.89. The van der Waals surface area contributed by atoms with E-state index < -0.39 is 0 Å². The molecule has 0 aliphatic rings. The number of hydrogen-bond acceptors (Lipinski definition) is 6. The van der Waals surface area contributed by atoms with E-state index in [-0.39, 0.29) is 5.91 Å². The van der Waals surface area contributed by atoms with E-state index in [1.54, 1.807) is 13.1 Å². The molecule has 7 heteroatoms. The van der Waals surface area contributed by atoms with Crippen molar-refractivity contribution >= 4 is 22.4 Å². The first-order valence-electron chi connectivity index (χ1n) is 7.09. The molecule has 0 saturated heterocycles. The lowest BCUT2D eigenvalue weighted by molar-refractivity contribution is 0.102. The number of hydrogen-bond donors (Lipinski definition) is 1. The normalized spacial score (nSPS) is 10.5. The van der Waals surface area contributed by atoms with Crippen LogP contribution in [0.4, 0.5) is 5.13 Å². The van der Waals surface area contributed by atoms with Gasteiger partial charge in [-0.3, -0.25) is 15.1 Å². The summed E-state index contributed by atoms with van der Waals surface area (Å²) in [4.78, 5) is 20.3. The zero-order valence-electron chi connectivity index (χ0n) is 12.8. The molecule has 116 valence electrons. The average Bonchev–Trinajstić information content (AvgIpc) is 2.97. The monoisotopic (exact) mass is 325 g/mol. The van der Waals surface area contributed by atoms with Crippen LogP contribution in [0, 0.1) is 13.8 Å². The van der Waals surface area contributed by atoms with Crippen LogP contribution in [0.25, 0.3) is 0 Å². The molecule has 0 atom stereocenters. The highest BCUT2D eigenvalue weighted by molar-refractivity contribution is 7.15. The van der Waals surface area contributed by atoms with E-state index in [1.165, 1.54) is 28.7 Å². The number of rotatable bonds is 4. The Morgan fingerprint density at radius 2 is 1.91 bits per heavy atom. The highest BCUT2D eigenvalue weighted by Gasteiger charge is 2.14. The summed E-state index contributed by atoms with van der Waals surface area (Å²) >= 11 is 1.36. The lowest BCUT2D eigenvalue weighted by Gasteiger charge is -2.02. The van der Waals surface area contributed by atoms with Crippen molar-refractivity contribution in [3.63, 3.8) is 0 Å². The quantitative estimate of drug-likeness (QED) is 0.798. The summed E-state index contributed by atoms with van der Waals surface area (Å²) in [6.07, 6.45) is 3.74. The van der Waals surface area contributed by atoms with Gasteiger partial charge in [-0.1, -0.05) is 35.6 Å². The minimum Gasteiger partial charge on any atom is -0.295 e. The summed E-state index contributed by atoms with van der Waals surface area (Å²) in [5.41, 5.74) is 3.28. The summed E-state index contributed by atoms with van der Waals surface area (Å²) in [5.74, 6) is -0.325. The van der Waals surface area contributed by atoms with E-state index in [0.29, 0.717) is 22.9 Å². The van der Waals surface area contributed by atoms with Gasteiger partial charge in [-0.05, 0) is 25.0 Å². The van der Waals surface area contributed by atoms with Crippen molar-refractivity contribution in [1.82, 2.24) is 20.2 Å². The van der Waals surface area contributed by atoms with Crippen LogP contribution in [0.1, 0.15) is 32.3 Å². The molecule has 1 aromatic carbocycles. The van der Waals surface area contributed by atoms with Gasteiger partial charge < -0.3 is 0 Å². The zero-order valence-corrected chi connectivity index (χ0v) is 13.6. The smallest absolute Gasteiger partial charge is 0.277 e. The molecule has 0 unspecified atom stereocenters. The van der Waals surface area contributed by atoms with Crippen molar-refractivity contribution in [2.75, 3.05) is 5.32 Å². The predicted molar refractivity (Wildman–Crippen MR) is 88.6 cm³/mol. The second-order valence-corrected chi connectivity index (χ2v) is 6.11. The maximum Gasteiger partial charge on any atom is 0.277 e. The van der Waals surface area contributed by atoms with Crippen LogP contribution in [0.3, 0.4) is 0 Å². The fourth-order valence-electron chi connectivity index (χ4n) is 2.13. The van der Waals surface area contributed by atoms with Gasteiger partial charge in [0.2, 0.25) is 5.13 Å². The fraction of sp³-hybridized carbons (Fsp3) is 0.188. The Labute approximate surface area is 137 Å². The summed E-state index contributed by atoms with van der Waals surface area (Å²) < 4.78 is 0. The van der Waals surface area contributed by atoms with Crippen molar-refractivity contribution in [2.24, 2.45) is 0 Å². The Balaban J connectivity index is 1.72. The maximum absolute atomic E-state index is 12.2. The minimum absolute atomic E-state index is 0.295. The van der Waals surface area contributed by atoms with Gasteiger partial charge in [0.1, 0.15) is 10.7 Å². The van der Waals surface area contributed by atoms with E-state index in [4.69, 9.17) is 0 Å². The first-order chi connectivity index (χ1) is 11.1. The molecule has 1 N–H and O–H groups in total. The third-order valence-electron chi connectivity index (χ3n) is 3.39. The van der Waals surface area contributed by atoms with Crippen LogP contribution in [0.15, 0.2) is 36.7 Å². The number of anilines is 1. The van der Waals surface area contributed by atoms with E-state index >= 15 is 0 Å². The van der Waals surface area contributed by atoms with Gasteiger partial charge in [0.15, 0.2) is 0 Å². The summed E-state index contributed by atoms with van der Waals surface area (Å²) in [6.45, 7) is 3.81. The standard InChI is InChI=1S/C16H15N5OS/c1-10-5-3-4-6-12(10)9-13-20-21-16(23-13)19-15(22)14-11(2)17-7-8-18-14/h3-8H,9H2,1-2H3,(H,19,21,22). The van der Waals surface area contributed by atoms with Crippen LogP contribution in [0.2, 0.25) is 0 Å². The minimum atomic E-state index is -0.325. The number of carbonyl (C=O) groups excluding carboxylic acids is 1. The Kier molecular flexibility index (Phi) is 4.38. The Bertz CT molecular complexity index is 846. The molecule has 23 heavy (non-hydrogen) atoms. The SMILES string of the molecule is Cc1ccccc1Cc1nnc(NC(=O)c2nccnc2C)s1. The van der Waals surface area contributed by atoms with Crippen molar-refractivity contribution in [3.8, 4) is 0 Å². The molecule has 3 aromatic rings. The lowest BCUT2D eigenvalue weighted by atomic mass is 10.1. The highest BCUT2D eigenvalue weighted by atomic mass is 32.1. The topological polar surface area (TPSA) is 80.7 Å². The average molecular weight is 325 g/mol. The van der Waals surface area contributed by atoms with Crippen LogP contribution >= 0.6 is 11.3 Å². The first kappa shape index (κ1) is 15.2. The van der Waals surface area contributed by atoms with Gasteiger partial charge in [-0.2, -0.15) is 0 Å². The number of amides is 1. The number of nitrogens with one attached hydrogen (secondary N) is 1. The summed E-state index contributed by atoms with van der Waals surface area (Å²) in [7, 11) is 0. The molecule has 0 aliphatic heterocycles. The van der Waals surface area contributed by atoms with Crippen LogP contribution in [-0.4, -0.2) is 26.1 Å². The number of aryl methyl sites for hydroxylation is 2. The summed E-state index contributed by atoms with van der Waals surface area (Å²) in [6, 6.07) is 8.14. The van der Waals surface area contributed by atoms with Crippen LogP contribution < -0.4 is 5.32 Å². The largest absolute Gasteiger partial charge is 0.295 e. The van der Waals surface area contributed by atoms with E-state index in [9.17, 15) is 4.79 Å². The number of aromatic nitrogens is 4. The second-order valence-electron chi connectivity index (χ2n) is 5.05. The maximum atomic E-state index is 12.2. The summed E-state index contributed by atoms with van der Waals surface area (Å²) in [5, 5.41) is 12.2. The molecule has 0 radical (unpaired) electrons. The van der Waals surface area contributed by atoms with Crippen molar-refractivity contribution < 1.29 is 4.79 Å². The predicted octanol–water partition coefficient (Wildman–Crippen LogP) is 2.79. The number of nitrogens with zero attached hydrogens (tertiary/aromatic N) is 4. The van der Waals surface area contributed by atoms with Gasteiger partial charge in [-0.25, -0.2) is 4.98 Å². The zero-order chi connectivity index (χ0) is 16.2. The lowest BCUT2D eigenvalue weighted by Crippen LogP contribution is -2.15. The van der Waals surface area contributed by atoms with E-state index in [0.717, 1.165) is 5.01 Å². The van der Waals surface area contributed by atoms with Gasteiger partial charge >= 0.3 is 0 Å². The first-order valence-corrected chi connectivity index (χ1v) is 7.91. The number of carbonyl (C=O) groups is 1. The van der Waals surface area contributed by atoms with E-state index in [2.05, 4.69) is 44.5 Å². The van der Waals surface area contributed by atoms with Crippen molar-refractivity contribution in [3.05, 3.63) is 64.2 Å². The van der Waals surface area contributed by atoms with Gasteiger partial charge in [0.25, 0.3) is 5.91 Å². The molecule has 6 nitrogen and oxygen atoms in total. The van der Waals surface area contributed by atoms with Crippen molar-refractivity contribution in [2.45, 2.75) is 20.3 Å². The highest BCUT2D eigenvalue weighted by Crippen LogP contribution is 2.20. The third kappa shape index (κ3) is 3.57. The Morgan fingerprint density at radius 1 is 1.13 bits per heavy atom. The molecule has 1 amide bonds. The molecule has 0 bridgehead atoms. The molecule has 0 saturated carbocycles. The Morgan fingerprint density at radius 3 is 2.70 bits per heavy atom. The van der Waals surface area contributed by atoms with Gasteiger partial charge in [0.05, 0.1) is 5.69 Å². The second kappa shape index (κ2) is 6.62. The third-order valence-corrected chi connectivity index (χ3v) is 4.23. The van der Waals surface area contributed by atoms with Gasteiger partial charge in [0, 0.05) is 18.8 Å². The van der Waals surface area contributed by atoms with E-state index in [1.807, 2.05) is 12.1 Å². The van der Waals surface area contributed by atoms with Crippen LogP contribution in [-0.2, 0) is 6.42 Å². The molecule has 0 aliphatic carbocycles. The molecular weight excluding hydrogens is 310 g/mol. The molecule has 2 heterocycles. The Hall–Kier alpha value is -2.67. The molecule has 2 aromatic heterocycles. The molecule has 3 rings (SSSR count). The van der Waals surface area contributed by atoms with Crippen LogP contribution in [0.5, 0.6) is 0 Å². The molecule has 0 fully saturated rings.